The smallest absolute Gasteiger partial charge is 0.134 e. The lowest BCUT2D eigenvalue weighted by Crippen LogP contribution is -2.22. The van der Waals surface area contributed by atoms with Gasteiger partial charge in [-0.05, 0) is 57.0 Å². The van der Waals surface area contributed by atoms with E-state index in [2.05, 4.69) is 56.4 Å². The molecule has 3 rings (SSSR count). The third kappa shape index (κ3) is 2.07. The van der Waals surface area contributed by atoms with Crippen LogP contribution in [0.1, 0.15) is 31.4 Å². The van der Waals surface area contributed by atoms with E-state index in [4.69, 9.17) is 4.74 Å². The number of likely N-dealkylation sites (N-methyl/N-ethyl adjacent to an activating group) is 1. The van der Waals surface area contributed by atoms with E-state index in [1.54, 1.807) is 0 Å². The Kier molecular flexibility index (Phi) is 2.94. The molecule has 0 saturated carbocycles. The number of ether oxygens (including phenoxy) is 1. The van der Waals surface area contributed by atoms with E-state index in [1.165, 1.54) is 22.4 Å². The summed E-state index contributed by atoms with van der Waals surface area (Å²) in [4.78, 5) is 0. The molecule has 1 aromatic rings. The Labute approximate surface area is 114 Å². The number of rotatable bonds is 2. The van der Waals surface area contributed by atoms with Crippen LogP contribution in [0.5, 0.6) is 5.75 Å². The van der Waals surface area contributed by atoms with Gasteiger partial charge >= 0.3 is 0 Å². The van der Waals surface area contributed by atoms with Crippen LogP contribution in [0.4, 0.5) is 0 Å². The van der Waals surface area contributed by atoms with Crippen molar-refractivity contribution in [2.24, 2.45) is 0 Å². The second kappa shape index (κ2) is 4.61. The zero-order valence-corrected chi connectivity index (χ0v) is 11.7. The lowest BCUT2D eigenvalue weighted by molar-refractivity contribution is 0.426. The average molecular weight is 253 g/mol. The van der Waals surface area contributed by atoms with Crippen molar-refractivity contribution < 1.29 is 4.74 Å². The van der Waals surface area contributed by atoms with Gasteiger partial charge in [0.25, 0.3) is 0 Å². The summed E-state index contributed by atoms with van der Waals surface area (Å²) in [5, 5.41) is 3.47. The van der Waals surface area contributed by atoms with Crippen molar-refractivity contribution in [2.45, 2.75) is 27.2 Å². The highest BCUT2D eigenvalue weighted by Crippen LogP contribution is 2.38. The van der Waals surface area contributed by atoms with Crippen molar-refractivity contribution in [1.82, 2.24) is 5.32 Å². The van der Waals surface area contributed by atoms with Gasteiger partial charge in [0.2, 0.25) is 0 Å². The van der Waals surface area contributed by atoms with Crippen molar-refractivity contribution in [3.63, 3.8) is 0 Å². The van der Waals surface area contributed by atoms with E-state index in [0.717, 1.165) is 30.0 Å². The molecule has 2 heteroatoms. The van der Waals surface area contributed by atoms with E-state index < -0.39 is 0 Å². The minimum Gasteiger partial charge on any atom is -0.456 e. The van der Waals surface area contributed by atoms with Crippen molar-refractivity contribution in [3.8, 4) is 5.75 Å². The van der Waals surface area contributed by atoms with E-state index in [0.29, 0.717) is 0 Å². The Balaban J connectivity index is 2.11. The van der Waals surface area contributed by atoms with Crippen LogP contribution < -0.4 is 10.1 Å². The Hall–Kier alpha value is -1.96. The van der Waals surface area contributed by atoms with Gasteiger partial charge in [0.1, 0.15) is 11.5 Å². The maximum Gasteiger partial charge on any atom is 0.134 e. The fourth-order valence-corrected chi connectivity index (χ4v) is 2.62. The molecular weight excluding hydrogens is 234 g/mol. The molecule has 19 heavy (non-hydrogen) atoms. The number of fused-ring (bicyclic) bond motifs is 2. The molecule has 0 radical (unpaired) electrons. The molecule has 0 fully saturated rings. The van der Waals surface area contributed by atoms with Gasteiger partial charge in [0.05, 0.1) is 0 Å². The first-order chi connectivity index (χ1) is 9.19. The predicted octanol–water partition coefficient (Wildman–Crippen LogP) is 3.94. The van der Waals surface area contributed by atoms with E-state index >= 15 is 0 Å². The normalized spacial score (nSPS) is 17.0. The Morgan fingerprint density at radius 2 is 2.11 bits per heavy atom. The topological polar surface area (TPSA) is 21.3 Å². The summed E-state index contributed by atoms with van der Waals surface area (Å²) < 4.78 is 6.03. The molecule has 1 heterocycles. The van der Waals surface area contributed by atoms with Crippen molar-refractivity contribution in [1.29, 1.82) is 0 Å². The van der Waals surface area contributed by atoms with Crippen molar-refractivity contribution >= 4 is 6.08 Å². The van der Waals surface area contributed by atoms with Crippen LogP contribution in [0.2, 0.25) is 0 Å². The highest BCUT2D eigenvalue weighted by atomic mass is 16.5. The first-order valence-corrected chi connectivity index (χ1v) is 6.83. The third-order valence-electron chi connectivity index (χ3n) is 3.59. The van der Waals surface area contributed by atoms with E-state index in [1.807, 2.05) is 0 Å². The molecule has 0 spiro atoms. The van der Waals surface area contributed by atoms with Gasteiger partial charge in [-0.3, -0.25) is 0 Å². The summed E-state index contributed by atoms with van der Waals surface area (Å²) in [6.45, 7) is 7.34. The third-order valence-corrected chi connectivity index (χ3v) is 3.59. The predicted molar refractivity (Wildman–Crippen MR) is 78.9 cm³/mol. The summed E-state index contributed by atoms with van der Waals surface area (Å²) in [7, 11) is 0. The second-order valence-electron chi connectivity index (χ2n) is 5.16. The molecule has 1 N–H and O–H groups in total. The zero-order chi connectivity index (χ0) is 13.4. The summed E-state index contributed by atoms with van der Waals surface area (Å²) in [6, 6.07) is 6.32. The molecule has 0 atom stereocenters. The summed E-state index contributed by atoms with van der Waals surface area (Å²) in [6.07, 6.45) is 5.36. The van der Waals surface area contributed by atoms with Gasteiger partial charge in [-0.25, -0.2) is 0 Å². The number of nitrogens with one attached hydrogen (secondary N) is 1. The minimum atomic E-state index is 0.929. The molecular formula is C17H19NO. The first-order valence-electron chi connectivity index (χ1n) is 6.83. The van der Waals surface area contributed by atoms with Crippen LogP contribution in [0.15, 0.2) is 46.9 Å². The molecule has 0 saturated heterocycles. The number of hydrogen-bond donors (Lipinski definition) is 1. The lowest BCUT2D eigenvalue weighted by Gasteiger charge is -2.27. The van der Waals surface area contributed by atoms with Crippen LogP contribution in [-0.2, 0) is 0 Å². The quantitative estimate of drug-likeness (QED) is 0.862. The molecule has 0 bridgehead atoms. The fourth-order valence-electron chi connectivity index (χ4n) is 2.62. The van der Waals surface area contributed by atoms with Gasteiger partial charge in [-0.15, -0.1) is 0 Å². The Bertz CT molecular complexity index is 620. The number of hydrogen-bond acceptors (Lipinski definition) is 2. The summed E-state index contributed by atoms with van der Waals surface area (Å²) in [5.41, 5.74) is 6.21. The Morgan fingerprint density at radius 3 is 2.89 bits per heavy atom. The number of benzene rings is 1. The molecule has 0 aromatic heterocycles. The van der Waals surface area contributed by atoms with Gasteiger partial charge in [-0.2, -0.15) is 0 Å². The molecule has 0 unspecified atom stereocenters. The monoisotopic (exact) mass is 253 g/mol. The van der Waals surface area contributed by atoms with Crippen LogP contribution in [-0.4, -0.2) is 6.54 Å². The summed E-state index contributed by atoms with van der Waals surface area (Å²) in [5.74, 6) is 1.94. The van der Waals surface area contributed by atoms with Crippen LogP contribution >= 0.6 is 0 Å². The average Bonchev–Trinajstić information content (AvgIpc) is 2.40. The zero-order valence-electron chi connectivity index (χ0n) is 11.7. The highest BCUT2D eigenvalue weighted by Gasteiger charge is 2.23. The van der Waals surface area contributed by atoms with E-state index in [-0.39, 0.29) is 0 Å². The fraction of sp³-hybridized carbons (Fsp3) is 0.294. The lowest BCUT2D eigenvalue weighted by atomic mass is 9.93. The van der Waals surface area contributed by atoms with Gasteiger partial charge in [0.15, 0.2) is 0 Å². The first kappa shape index (κ1) is 12.1. The SMILES string of the molecule is CCNC1=C(C)CC=C2Oc3ccc(C)cc3C=C21. The van der Waals surface area contributed by atoms with Crippen LogP contribution in [0.3, 0.4) is 0 Å². The number of aryl methyl sites for hydroxylation is 1. The minimum absolute atomic E-state index is 0.929. The van der Waals surface area contributed by atoms with Crippen LogP contribution in [0, 0.1) is 6.92 Å². The van der Waals surface area contributed by atoms with Gasteiger partial charge in [-0.1, -0.05) is 11.6 Å². The maximum absolute atomic E-state index is 6.03. The molecule has 1 aliphatic heterocycles. The Morgan fingerprint density at radius 1 is 1.26 bits per heavy atom. The maximum atomic E-state index is 6.03. The molecule has 2 aliphatic rings. The van der Waals surface area contributed by atoms with E-state index in [9.17, 15) is 0 Å². The molecule has 0 amide bonds. The number of allylic oxidation sites excluding steroid dienone is 2. The second-order valence-corrected chi connectivity index (χ2v) is 5.16. The van der Waals surface area contributed by atoms with Crippen molar-refractivity contribution in [2.75, 3.05) is 6.54 Å². The standard InChI is InChI=1S/C17H19NO/c1-4-18-17-12(3)6-8-16-14(17)10-13-9-11(2)5-7-15(13)19-16/h5,7-10,18H,4,6H2,1-3H3. The van der Waals surface area contributed by atoms with Crippen molar-refractivity contribution in [3.05, 3.63) is 58.0 Å². The van der Waals surface area contributed by atoms with Crippen LogP contribution in [0.25, 0.3) is 6.08 Å². The molecule has 1 aromatic carbocycles. The molecule has 2 nitrogen and oxygen atoms in total. The van der Waals surface area contributed by atoms with Gasteiger partial charge in [0, 0.05) is 23.4 Å². The largest absolute Gasteiger partial charge is 0.456 e. The molecule has 98 valence electrons. The molecule has 1 aliphatic carbocycles. The van der Waals surface area contributed by atoms with Gasteiger partial charge < -0.3 is 10.1 Å². The summed E-state index contributed by atoms with van der Waals surface area (Å²) >= 11 is 0. The highest BCUT2D eigenvalue weighted by molar-refractivity contribution is 5.73.